The number of nitriles is 1. The highest BCUT2D eigenvalue weighted by molar-refractivity contribution is 6.30. The molecular formula is C17H14ClNO. The zero-order valence-electron chi connectivity index (χ0n) is 11.1. The van der Waals surface area contributed by atoms with Crippen molar-refractivity contribution in [2.75, 3.05) is 6.61 Å². The molecule has 0 amide bonds. The predicted molar refractivity (Wildman–Crippen MR) is 82.5 cm³/mol. The van der Waals surface area contributed by atoms with Gasteiger partial charge in [0, 0.05) is 10.6 Å². The maximum atomic E-state index is 9.35. The monoisotopic (exact) mass is 283 g/mol. The number of para-hydroxylation sites is 1. The van der Waals surface area contributed by atoms with Gasteiger partial charge < -0.3 is 4.74 Å². The number of hydrogen-bond acceptors (Lipinski definition) is 2. The van der Waals surface area contributed by atoms with E-state index in [1.807, 2.05) is 49.4 Å². The van der Waals surface area contributed by atoms with Gasteiger partial charge in [-0.05, 0) is 36.8 Å². The van der Waals surface area contributed by atoms with Gasteiger partial charge in [0.1, 0.15) is 5.75 Å². The average molecular weight is 284 g/mol. The molecule has 2 nitrogen and oxygen atoms in total. The normalized spacial score (nSPS) is 10.9. The molecule has 0 fully saturated rings. The van der Waals surface area contributed by atoms with Crippen LogP contribution in [0.4, 0.5) is 0 Å². The second kappa shape index (κ2) is 6.79. The Hall–Kier alpha value is -2.24. The topological polar surface area (TPSA) is 33.0 Å². The molecule has 0 bridgehead atoms. The first-order valence-electron chi connectivity index (χ1n) is 6.34. The summed E-state index contributed by atoms with van der Waals surface area (Å²) in [7, 11) is 0. The molecule has 0 spiro atoms. The second-order valence-electron chi connectivity index (χ2n) is 4.15. The summed E-state index contributed by atoms with van der Waals surface area (Å²) in [5.74, 6) is 0.768. The van der Waals surface area contributed by atoms with Gasteiger partial charge in [-0.25, -0.2) is 0 Å². The molecule has 0 saturated heterocycles. The van der Waals surface area contributed by atoms with Gasteiger partial charge in [0.2, 0.25) is 0 Å². The molecule has 0 radical (unpaired) electrons. The number of hydrogen-bond donors (Lipinski definition) is 0. The van der Waals surface area contributed by atoms with Crippen LogP contribution in [0.1, 0.15) is 18.1 Å². The van der Waals surface area contributed by atoms with Crippen LogP contribution in [0.2, 0.25) is 5.02 Å². The van der Waals surface area contributed by atoms with E-state index in [4.69, 9.17) is 16.3 Å². The fourth-order valence-electron chi connectivity index (χ4n) is 1.88. The highest BCUT2D eigenvalue weighted by Crippen LogP contribution is 2.25. The first-order chi connectivity index (χ1) is 9.74. The van der Waals surface area contributed by atoms with E-state index in [1.54, 1.807) is 12.1 Å². The maximum Gasteiger partial charge on any atom is 0.126 e. The molecule has 2 rings (SSSR count). The van der Waals surface area contributed by atoms with E-state index >= 15 is 0 Å². The average Bonchev–Trinajstić information content (AvgIpc) is 2.46. The van der Waals surface area contributed by atoms with E-state index in [0.29, 0.717) is 17.2 Å². The predicted octanol–water partition coefficient (Wildman–Crippen LogP) is 4.80. The molecule has 20 heavy (non-hydrogen) atoms. The molecule has 0 aliphatic carbocycles. The lowest BCUT2D eigenvalue weighted by Gasteiger charge is -2.07. The lowest BCUT2D eigenvalue weighted by Crippen LogP contribution is -1.93. The van der Waals surface area contributed by atoms with E-state index in [0.717, 1.165) is 16.9 Å². The molecule has 0 N–H and O–H groups in total. The van der Waals surface area contributed by atoms with Crippen molar-refractivity contribution in [3.8, 4) is 11.8 Å². The number of nitrogens with zero attached hydrogens (tertiary/aromatic N) is 1. The Bertz CT molecular complexity index is 671. The molecule has 0 atom stereocenters. The fraction of sp³-hybridized carbons (Fsp3) is 0.118. The van der Waals surface area contributed by atoms with Gasteiger partial charge in [-0.15, -0.1) is 0 Å². The third-order valence-electron chi connectivity index (χ3n) is 2.77. The lowest BCUT2D eigenvalue weighted by molar-refractivity contribution is 0.339. The van der Waals surface area contributed by atoms with Crippen LogP contribution in [0.5, 0.6) is 5.75 Å². The lowest BCUT2D eigenvalue weighted by atomic mass is 10.0. The number of ether oxygens (including phenoxy) is 1. The molecule has 0 unspecified atom stereocenters. The van der Waals surface area contributed by atoms with E-state index in [9.17, 15) is 5.26 Å². The molecule has 2 aromatic rings. The van der Waals surface area contributed by atoms with Crippen molar-refractivity contribution < 1.29 is 4.74 Å². The van der Waals surface area contributed by atoms with Crippen LogP contribution in [0.25, 0.3) is 11.6 Å². The molecule has 100 valence electrons. The van der Waals surface area contributed by atoms with Crippen LogP contribution in [0, 0.1) is 11.3 Å². The minimum absolute atomic E-state index is 0.555. The Morgan fingerprint density at radius 1 is 1.25 bits per heavy atom. The van der Waals surface area contributed by atoms with Crippen molar-refractivity contribution in [1.82, 2.24) is 0 Å². The first kappa shape index (κ1) is 14.2. The fourth-order valence-corrected chi connectivity index (χ4v) is 2.07. The van der Waals surface area contributed by atoms with Crippen molar-refractivity contribution in [3.63, 3.8) is 0 Å². The van der Waals surface area contributed by atoms with E-state index < -0.39 is 0 Å². The van der Waals surface area contributed by atoms with Crippen molar-refractivity contribution in [1.29, 1.82) is 5.26 Å². The Balaban J connectivity index is 2.44. The van der Waals surface area contributed by atoms with Crippen LogP contribution in [0.3, 0.4) is 0 Å². The van der Waals surface area contributed by atoms with Crippen LogP contribution in [0.15, 0.2) is 48.5 Å². The minimum atomic E-state index is 0.555. The van der Waals surface area contributed by atoms with Gasteiger partial charge in [-0.1, -0.05) is 41.9 Å². The Morgan fingerprint density at radius 2 is 2.05 bits per heavy atom. The molecular weight excluding hydrogens is 270 g/mol. The van der Waals surface area contributed by atoms with Crippen LogP contribution < -0.4 is 4.74 Å². The quantitative estimate of drug-likeness (QED) is 0.596. The van der Waals surface area contributed by atoms with Crippen LogP contribution in [-0.2, 0) is 0 Å². The molecule has 3 heteroatoms. The molecule has 2 aromatic carbocycles. The summed E-state index contributed by atoms with van der Waals surface area (Å²) in [6.45, 7) is 2.52. The van der Waals surface area contributed by atoms with Crippen molar-refractivity contribution in [2.45, 2.75) is 6.92 Å². The van der Waals surface area contributed by atoms with Gasteiger partial charge in [-0.3, -0.25) is 0 Å². The zero-order valence-corrected chi connectivity index (χ0v) is 11.9. The molecule has 0 saturated carbocycles. The van der Waals surface area contributed by atoms with Gasteiger partial charge >= 0.3 is 0 Å². The summed E-state index contributed by atoms with van der Waals surface area (Å²) in [6, 6.07) is 17.1. The largest absolute Gasteiger partial charge is 0.493 e. The number of rotatable bonds is 4. The summed E-state index contributed by atoms with van der Waals surface area (Å²) in [5.41, 5.74) is 2.23. The SMILES string of the molecule is CCOc1ccccc1/C=C(\C#N)c1cccc(Cl)c1. The Morgan fingerprint density at radius 3 is 2.75 bits per heavy atom. The summed E-state index contributed by atoms with van der Waals surface area (Å²) in [6.07, 6.45) is 1.82. The molecule has 0 aliphatic rings. The van der Waals surface area contributed by atoms with Gasteiger partial charge in [-0.2, -0.15) is 5.26 Å². The van der Waals surface area contributed by atoms with Gasteiger partial charge in [0.05, 0.1) is 18.2 Å². The zero-order chi connectivity index (χ0) is 14.4. The Labute approximate surface area is 123 Å². The summed E-state index contributed by atoms with van der Waals surface area (Å²) in [5, 5.41) is 9.96. The smallest absolute Gasteiger partial charge is 0.126 e. The van der Waals surface area contributed by atoms with Crippen molar-refractivity contribution >= 4 is 23.3 Å². The maximum absolute atomic E-state index is 9.35. The highest BCUT2D eigenvalue weighted by atomic mass is 35.5. The van der Waals surface area contributed by atoms with E-state index in [1.165, 1.54) is 0 Å². The second-order valence-corrected chi connectivity index (χ2v) is 4.59. The molecule has 0 aliphatic heterocycles. The summed E-state index contributed by atoms with van der Waals surface area (Å²) in [4.78, 5) is 0. The Kier molecular flexibility index (Phi) is 4.81. The van der Waals surface area contributed by atoms with Crippen LogP contribution >= 0.6 is 11.6 Å². The van der Waals surface area contributed by atoms with Gasteiger partial charge in [0.25, 0.3) is 0 Å². The van der Waals surface area contributed by atoms with Crippen molar-refractivity contribution in [3.05, 3.63) is 64.7 Å². The first-order valence-corrected chi connectivity index (χ1v) is 6.72. The van der Waals surface area contributed by atoms with E-state index in [2.05, 4.69) is 6.07 Å². The number of benzene rings is 2. The van der Waals surface area contributed by atoms with Crippen molar-refractivity contribution in [2.24, 2.45) is 0 Å². The standard InChI is InChI=1S/C17H14ClNO/c1-2-20-17-9-4-3-6-14(17)10-15(12-19)13-7-5-8-16(18)11-13/h3-11H,2H2,1H3/b15-10+. The number of allylic oxidation sites excluding steroid dienone is 1. The summed E-state index contributed by atoms with van der Waals surface area (Å²) < 4.78 is 5.56. The van der Waals surface area contributed by atoms with E-state index in [-0.39, 0.29) is 0 Å². The molecule has 0 aromatic heterocycles. The third kappa shape index (κ3) is 3.40. The third-order valence-corrected chi connectivity index (χ3v) is 3.01. The van der Waals surface area contributed by atoms with Crippen LogP contribution in [-0.4, -0.2) is 6.61 Å². The number of halogens is 1. The molecule has 0 heterocycles. The highest BCUT2D eigenvalue weighted by Gasteiger charge is 2.05. The van der Waals surface area contributed by atoms with Gasteiger partial charge in [0.15, 0.2) is 0 Å². The minimum Gasteiger partial charge on any atom is -0.493 e. The summed E-state index contributed by atoms with van der Waals surface area (Å²) >= 11 is 5.97.